The van der Waals surface area contributed by atoms with Gasteiger partial charge < -0.3 is 10.2 Å². The summed E-state index contributed by atoms with van der Waals surface area (Å²) in [5.41, 5.74) is 19.5. The number of fused-ring (bicyclic) bond motifs is 4. The van der Waals surface area contributed by atoms with Crippen molar-refractivity contribution < 1.29 is 48.6 Å². The third-order valence-electron chi connectivity index (χ3n) is 17.4. The number of amides is 4. The van der Waals surface area contributed by atoms with Crippen LogP contribution in [-0.4, -0.2) is 80.8 Å². The zero-order valence-electron chi connectivity index (χ0n) is 60.6. The van der Waals surface area contributed by atoms with Crippen molar-refractivity contribution in [1.82, 2.24) is 21.7 Å². The van der Waals surface area contributed by atoms with E-state index in [9.17, 15) is 48.6 Å². The highest BCUT2D eigenvalue weighted by Gasteiger charge is 2.21. The summed E-state index contributed by atoms with van der Waals surface area (Å²) in [6, 6.07) is 65.2. The molecule has 12 aromatic rings. The molecule has 0 aromatic heterocycles. The molecular weight excluding hydrogens is 1940 g/mol. The van der Waals surface area contributed by atoms with Crippen molar-refractivity contribution in [1.29, 1.82) is 0 Å². The smallest absolute Gasteiger partial charge is 0.307 e. The van der Waals surface area contributed by atoms with E-state index in [1.54, 1.807) is 26.0 Å². The van der Waals surface area contributed by atoms with Gasteiger partial charge in [0.05, 0.1) is 32.8 Å². The third kappa shape index (κ3) is 23.7. The van der Waals surface area contributed by atoms with Crippen LogP contribution >= 0.6 is 127 Å². The number of rotatable bonds is 20. The minimum absolute atomic E-state index is 0.00110. The highest BCUT2D eigenvalue weighted by atomic mass is 79.9. The summed E-state index contributed by atoms with van der Waals surface area (Å²) in [6.07, 6.45) is 2.82. The first kappa shape index (κ1) is 86.3. The van der Waals surface area contributed by atoms with Gasteiger partial charge in [-0.2, -0.15) is 20.4 Å². The average molecular weight is 2010 g/mol. The number of aromatic hydroxyl groups is 2. The maximum atomic E-state index is 12.3. The number of Topliss-reactive ketones (excluding diaryl/α,β-unsaturated/α-hetero) is 4. The molecule has 0 saturated heterocycles. The van der Waals surface area contributed by atoms with Gasteiger partial charge in [-0.1, -0.05) is 265 Å². The lowest BCUT2D eigenvalue weighted by Gasteiger charge is -2.10. The second kappa shape index (κ2) is 40.7. The molecule has 0 aliphatic heterocycles. The molecular formula is C86H68Br8N8O10. The first-order chi connectivity index (χ1) is 53.4. The quantitative estimate of drug-likeness (QED) is 0.0238. The highest BCUT2D eigenvalue weighted by Crippen LogP contribution is 2.38. The number of ketones is 4. The summed E-state index contributed by atoms with van der Waals surface area (Å²) in [7, 11) is 0. The molecule has 0 bridgehead atoms. The van der Waals surface area contributed by atoms with Gasteiger partial charge in [-0.25, -0.2) is 21.7 Å². The van der Waals surface area contributed by atoms with Gasteiger partial charge in [-0.05, 0) is 209 Å². The average Bonchev–Trinajstić information content (AvgIpc) is 0.820. The van der Waals surface area contributed by atoms with Crippen LogP contribution < -0.4 is 21.7 Å². The van der Waals surface area contributed by atoms with Gasteiger partial charge in [0, 0.05) is 63.6 Å². The minimum Gasteiger partial charge on any atom is -0.506 e. The molecule has 0 unspecified atom stereocenters. The molecule has 0 fully saturated rings. The van der Waals surface area contributed by atoms with Crippen molar-refractivity contribution in [2.75, 3.05) is 0 Å². The number of carbonyl (C=O) groups is 8. The number of halogens is 8. The molecule has 12 aromatic carbocycles. The van der Waals surface area contributed by atoms with Crippen LogP contribution in [0.1, 0.15) is 80.6 Å². The molecule has 0 saturated carbocycles. The molecule has 112 heavy (non-hydrogen) atoms. The van der Waals surface area contributed by atoms with Crippen molar-refractivity contribution in [3.8, 4) is 11.5 Å². The zero-order valence-corrected chi connectivity index (χ0v) is 73.3. The predicted molar refractivity (Wildman–Crippen MR) is 472 cm³/mol. The number of carbonyl (C=O) groups excluding carboxylic acids is 8. The van der Waals surface area contributed by atoms with Gasteiger partial charge in [-0.15, -0.1) is 0 Å². The van der Waals surface area contributed by atoms with Crippen LogP contribution in [0, 0.1) is 27.7 Å². The van der Waals surface area contributed by atoms with Gasteiger partial charge in [0.15, 0.2) is 0 Å². The molecule has 4 amide bonds. The minimum atomic E-state index is -0.811. The molecule has 0 spiro atoms. The topological polar surface area (TPSA) is 275 Å². The van der Waals surface area contributed by atoms with Gasteiger partial charge in [0.1, 0.15) is 11.5 Å². The van der Waals surface area contributed by atoms with Gasteiger partial charge in [-0.3, -0.25) is 38.4 Å². The van der Waals surface area contributed by atoms with E-state index in [1.165, 1.54) is 12.4 Å². The molecule has 0 atom stereocenters. The fourth-order valence-corrected chi connectivity index (χ4v) is 15.5. The van der Waals surface area contributed by atoms with Crippen LogP contribution in [0.3, 0.4) is 0 Å². The number of nitrogens with zero attached hydrogens (tertiary/aromatic N) is 4. The van der Waals surface area contributed by atoms with E-state index in [-0.39, 0.29) is 37.2 Å². The van der Waals surface area contributed by atoms with Crippen LogP contribution in [-0.2, 0) is 64.0 Å². The van der Waals surface area contributed by atoms with E-state index in [4.69, 9.17) is 0 Å². The molecule has 6 N–H and O–H groups in total. The Morgan fingerprint density at radius 1 is 0.330 bits per heavy atom. The molecule has 12 rings (SSSR count). The summed E-state index contributed by atoms with van der Waals surface area (Å²) in [5.74, 6) is -5.30. The van der Waals surface area contributed by atoms with E-state index in [1.807, 2.05) is 222 Å². The second-order valence-corrected chi connectivity index (χ2v) is 32.1. The molecule has 0 aliphatic carbocycles. The van der Waals surface area contributed by atoms with Gasteiger partial charge in [0.25, 0.3) is 0 Å². The van der Waals surface area contributed by atoms with E-state index >= 15 is 0 Å². The number of phenols is 2. The number of nitrogens with one attached hydrogen (secondary N) is 4. The van der Waals surface area contributed by atoms with Crippen LogP contribution in [0.5, 0.6) is 11.5 Å². The Morgan fingerprint density at radius 3 is 0.991 bits per heavy atom. The summed E-state index contributed by atoms with van der Waals surface area (Å²) in [5, 5.41) is 44.6. The zero-order chi connectivity index (χ0) is 81.0. The van der Waals surface area contributed by atoms with Crippen LogP contribution in [0.2, 0.25) is 0 Å². The Morgan fingerprint density at radius 2 is 0.625 bits per heavy atom. The van der Waals surface area contributed by atoms with Crippen molar-refractivity contribution >= 4 is 241 Å². The summed E-state index contributed by atoms with van der Waals surface area (Å²) < 4.78 is 6.35. The second-order valence-electron chi connectivity index (χ2n) is 25.4. The Bertz CT molecular complexity index is 5800. The maximum Gasteiger partial charge on any atom is 0.307 e. The number of hydrogen-bond acceptors (Lipinski definition) is 14. The van der Waals surface area contributed by atoms with Crippen molar-refractivity contribution in [3.05, 3.63) is 309 Å². The van der Waals surface area contributed by atoms with Crippen LogP contribution in [0.25, 0.3) is 43.1 Å². The predicted octanol–water partition coefficient (Wildman–Crippen LogP) is 19.9. The monoisotopic (exact) mass is 2000 g/mol. The molecule has 568 valence electrons. The third-order valence-corrected chi connectivity index (χ3v) is 24.3. The number of hydrogen-bond donors (Lipinski definition) is 6. The lowest BCUT2D eigenvalue weighted by atomic mass is 10.0. The van der Waals surface area contributed by atoms with Crippen molar-refractivity contribution in [2.24, 2.45) is 20.4 Å². The van der Waals surface area contributed by atoms with Gasteiger partial charge >= 0.3 is 23.6 Å². The first-order valence-corrected chi connectivity index (χ1v) is 40.4. The van der Waals surface area contributed by atoms with Gasteiger partial charge in [0.2, 0.25) is 23.1 Å². The largest absolute Gasteiger partial charge is 0.506 e. The Balaban J connectivity index is 0.000000171. The lowest BCUT2D eigenvalue weighted by Crippen LogP contribution is -2.29. The van der Waals surface area contributed by atoms with Crippen molar-refractivity contribution in [2.45, 2.75) is 67.2 Å². The van der Waals surface area contributed by atoms with Crippen molar-refractivity contribution in [3.63, 3.8) is 0 Å². The number of hydrazone groups is 4. The van der Waals surface area contributed by atoms with Crippen LogP contribution in [0.4, 0.5) is 0 Å². The summed E-state index contributed by atoms with van der Waals surface area (Å²) in [6.45, 7) is 11.0. The summed E-state index contributed by atoms with van der Waals surface area (Å²) >= 11 is 27.3. The van der Waals surface area contributed by atoms with E-state index in [0.717, 1.165) is 126 Å². The molecule has 0 heterocycles. The number of benzene rings is 12. The Labute approximate surface area is 712 Å². The molecule has 0 aliphatic rings. The van der Waals surface area contributed by atoms with E-state index in [0.29, 0.717) is 31.5 Å². The Hall–Kier alpha value is -9.64. The lowest BCUT2D eigenvalue weighted by molar-refractivity contribution is -0.137. The Kier molecular flexibility index (Phi) is 31.4. The molecule has 0 radical (unpaired) electrons. The van der Waals surface area contributed by atoms with E-state index < -0.39 is 46.8 Å². The fourth-order valence-electron chi connectivity index (χ4n) is 10.8. The summed E-state index contributed by atoms with van der Waals surface area (Å²) in [4.78, 5) is 97.2. The SMILES string of the molecule is C/C(=N\NC(=O)C(=O)Cc1ccc2ccccc2c1)c1cc(Br)c(C)c(Br)c1.C/C(=N\NC(=O)C(=O)Cc1ccc2ccccc2c1)c1cc(Br)c(C)c(Br)c1O.Cc1c(Br)cc(/C=N/NC(=O)C(=O)Cc2ccc3ccccc3c2)c(O)c1Br.Cc1c(Br)cc(/C=N/NC(=O)C(=O)Cc2ccc3ccccc3c2)cc1Br. The molecule has 18 nitrogen and oxygen atoms in total. The number of phenolic OH excluding ortho intramolecular Hbond substituents is 2. The first-order valence-electron chi connectivity index (χ1n) is 34.1. The van der Waals surface area contributed by atoms with E-state index in [2.05, 4.69) is 170 Å². The maximum absolute atomic E-state index is 12.3. The van der Waals surface area contributed by atoms with Crippen LogP contribution in [0.15, 0.2) is 262 Å². The molecule has 26 heteroatoms. The normalized spacial score (nSPS) is 11.3. The standard InChI is InChI=1S/C22H18Br2N2O3.C22H18Br2N2O2.C21H16Br2N2O3.C21H16Br2N2O2/c1-12-18(23)11-17(21(28)20(12)24)13(2)25-26-22(29)19(27)10-14-7-8-15-5-3-4-6-16(15)9-14;1-13-19(23)11-18(12-20(13)24)14(2)25-26-22(28)21(27)10-15-7-8-16-5-3-4-6-17(16)9-15;1-12-17(22)10-16(20(27)19(12)23)11-24-25-21(28)18(26)9-13-6-7-14-4-2-3-5-15(14)8-13;1-13-18(22)9-15(10-19(13)23)12-24-25-21(27)20(26)11-14-6-7-16-4-2-3-5-17(16)8-14/h3-9,11,28H,10H2,1-2H3,(H,26,29);3-9,11-12H,10H2,1-2H3,(H,26,28);2-8,10-11,27H,9H2,1H3,(H,25,28);2-10,12H,11H2,1H3,(H,25,27)/b25-13+;25-14+;24-11+;24-12+. The highest BCUT2D eigenvalue weighted by molar-refractivity contribution is 9.12. The fraction of sp³-hybridized carbons (Fsp3) is 0.116.